The molecule has 3 rings (SSSR count). The van der Waals surface area contributed by atoms with Gasteiger partial charge >= 0.3 is 0 Å². The lowest BCUT2D eigenvalue weighted by atomic mass is 10.2. The highest BCUT2D eigenvalue weighted by Gasteiger charge is 2.13. The van der Waals surface area contributed by atoms with Gasteiger partial charge in [0.05, 0.1) is 4.90 Å². The van der Waals surface area contributed by atoms with Crippen molar-refractivity contribution in [3.63, 3.8) is 0 Å². The van der Waals surface area contributed by atoms with Crippen LogP contribution in [0.2, 0.25) is 5.02 Å². The summed E-state index contributed by atoms with van der Waals surface area (Å²) >= 11 is 7.75. The van der Waals surface area contributed by atoms with Gasteiger partial charge in [0.2, 0.25) is 10.0 Å². The molecule has 0 fully saturated rings. The monoisotopic (exact) mass is 433 g/mol. The van der Waals surface area contributed by atoms with Gasteiger partial charge in [-0.1, -0.05) is 48.0 Å². The van der Waals surface area contributed by atoms with Gasteiger partial charge in [0.25, 0.3) is 0 Å². The fourth-order valence-corrected chi connectivity index (χ4v) is 4.75. The standard InChI is InChI=1S/C21H20ClNO3S2/c22-21-9-5-4-6-17(21)16-27-15-14-23-28(24,25)20-12-10-19(11-13-20)26-18-7-2-1-3-8-18/h1-13,23H,14-16H2. The van der Waals surface area contributed by atoms with Gasteiger partial charge in [-0.3, -0.25) is 0 Å². The fourth-order valence-electron chi connectivity index (χ4n) is 2.44. The van der Waals surface area contributed by atoms with Crippen LogP contribution in [0.3, 0.4) is 0 Å². The van der Waals surface area contributed by atoms with Crippen molar-refractivity contribution in [3.8, 4) is 11.5 Å². The molecule has 0 amide bonds. The number of ether oxygens (including phenoxy) is 1. The zero-order valence-electron chi connectivity index (χ0n) is 15.0. The van der Waals surface area contributed by atoms with E-state index in [4.69, 9.17) is 16.3 Å². The van der Waals surface area contributed by atoms with Crippen LogP contribution in [-0.2, 0) is 15.8 Å². The van der Waals surface area contributed by atoms with Gasteiger partial charge in [0.1, 0.15) is 11.5 Å². The first-order valence-corrected chi connectivity index (χ1v) is 11.7. The molecule has 0 aliphatic heterocycles. The van der Waals surface area contributed by atoms with E-state index >= 15 is 0 Å². The summed E-state index contributed by atoms with van der Waals surface area (Å²) in [5.41, 5.74) is 1.05. The highest BCUT2D eigenvalue weighted by molar-refractivity contribution is 7.98. The highest BCUT2D eigenvalue weighted by Crippen LogP contribution is 2.23. The molecular formula is C21H20ClNO3S2. The Bertz CT molecular complexity index is 994. The Morgan fingerprint density at radius 2 is 1.50 bits per heavy atom. The van der Waals surface area contributed by atoms with Crippen molar-refractivity contribution in [2.75, 3.05) is 12.3 Å². The smallest absolute Gasteiger partial charge is 0.240 e. The van der Waals surface area contributed by atoms with Gasteiger partial charge in [-0.25, -0.2) is 13.1 Å². The Labute approximate surface area is 174 Å². The molecule has 3 aromatic carbocycles. The van der Waals surface area contributed by atoms with Crippen LogP contribution in [0, 0.1) is 0 Å². The Morgan fingerprint density at radius 1 is 0.857 bits per heavy atom. The summed E-state index contributed by atoms with van der Waals surface area (Å²) in [6, 6.07) is 23.4. The van der Waals surface area contributed by atoms with Gasteiger partial charge in [0.15, 0.2) is 0 Å². The van der Waals surface area contributed by atoms with E-state index in [-0.39, 0.29) is 4.90 Å². The number of hydrogen-bond acceptors (Lipinski definition) is 4. The molecular weight excluding hydrogens is 414 g/mol. The topological polar surface area (TPSA) is 55.4 Å². The number of sulfonamides is 1. The SMILES string of the molecule is O=S(=O)(NCCSCc1ccccc1Cl)c1ccc(Oc2ccccc2)cc1. The van der Waals surface area contributed by atoms with E-state index in [0.717, 1.165) is 16.3 Å². The third-order valence-corrected chi connectivity index (χ3v) is 6.72. The zero-order valence-corrected chi connectivity index (χ0v) is 17.4. The van der Waals surface area contributed by atoms with E-state index < -0.39 is 10.0 Å². The van der Waals surface area contributed by atoms with Gasteiger partial charge < -0.3 is 4.74 Å². The molecule has 0 atom stereocenters. The highest BCUT2D eigenvalue weighted by atomic mass is 35.5. The predicted molar refractivity (Wildman–Crippen MR) is 116 cm³/mol. The van der Waals surface area contributed by atoms with Crippen LogP contribution >= 0.6 is 23.4 Å². The summed E-state index contributed by atoms with van der Waals surface area (Å²) in [5.74, 6) is 2.68. The van der Waals surface area contributed by atoms with Crippen molar-refractivity contribution in [2.24, 2.45) is 0 Å². The molecule has 0 spiro atoms. The second kappa shape index (κ2) is 9.98. The number of halogens is 1. The first kappa shape index (κ1) is 20.7. The van der Waals surface area contributed by atoms with Crippen LogP contribution in [0.4, 0.5) is 0 Å². The molecule has 146 valence electrons. The molecule has 0 heterocycles. The fraction of sp³-hybridized carbons (Fsp3) is 0.143. The molecule has 1 N–H and O–H groups in total. The molecule has 0 aromatic heterocycles. The van der Waals surface area contributed by atoms with Crippen LogP contribution in [0.1, 0.15) is 5.56 Å². The van der Waals surface area contributed by atoms with E-state index in [1.165, 1.54) is 12.1 Å². The number of benzene rings is 3. The number of hydrogen-bond donors (Lipinski definition) is 1. The van der Waals surface area contributed by atoms with Gasteiger partial charge in [-0.2, -0.15) is 11.8 Å². The lowest BCUT2D eigenvalue weighted by molar-refractivity contribution is 0.482. The number of rotatable bonds is 9. The van der Waals surface area contributed by atoms with Gasteiger partial charge in [0, 0.05) is 23.1 Å². The number of para-hydroxylation sites is 1. The van der Waals surface area contributed by atoms with Crippen LogP contribution in [0.15, 0.2) is 83.8 Å². The Morgan fingerprint density at radius 3 is 2.21 bits per heavy atom. The number of nitrogens with one attached hydrogen (secondary N) is 1. The van der Waals surface area contributed by atoms with Gasteiger partial charge in [-0.05, 0) is 48.0 Å². The molecule has 0 saturated carbocycles. The molecule has 0 unspecified atom stereocenters. The van der Waals surface area contributed by atoms with Crippen molar-refractivity contribution in [3.05, 3.63) is 89.4 Å². The van der Waals surface area contributed by atoms with E-state index in [1.54, 1.807) is 23.9 Å². The summed E-state index contributed by atoms with van der Waals surface area (Å²) in [7, 11) is -3.55. The van der Waals surface area contributed by atoms with Crippen molar-refractivity contribution in [1.82, 2.24) is 4.72 Å². The summed E-state index contributed by atoms with van der Waals surface area (Å²) in [6.45, 7) is 0.347. The van der Waals surface area contributed by atoms with E-state index in [1.807, 2.05) is 54.6 Å². The molecule has 3 aromatic rings. The first-order chi connectivity index (χ1) is 13.5. The van der Waals surface area contributed by atoms with E-state index in [0.29, 0.717) is 23.8 Å². The van der Waals surface area contributed by atoms with Crippen LogP contribution in [-0.4, -0.2) is 20.7 Å². The molecule has 0 aliphatic carbocycles. The third-order valence-electron chi connectivity index (χ3n) is 3.87. The van der Waals surface area contributed by atoms with Crippen LogP contribution < -0.4 is 9.46 Å². The summed E-state index contributed by atoms with van der Waals surface area (Å²) in [6.07, 6.45) is 0. The second-order valence-corrected chi connectivity index (χ2v) is 9.21. The van der Waals surface area contributed by atoms with Crippen LogP contribution in [0.25, 0.3) is 0 Å². The maximum Gasteiger partial charge on any atom is 0.240 e. The largest absolute Gasteiger partial charge is 0.457 e. The lowest BCUT2D eigenvalue weighted by Crippen LogP contribution is -2.26. The summed E-state index contributed by atoms with van der Waals surface area (Å²) < 4.78 is 33.1. The molecule has 0 radical (unpaired) electrons. The normalized spacial score (nSPS) is 11.3. The van der Waals surface area contributed by atoms with Crippen molar-refractivity contribution in [2.45, 2.75) is 10.6 Å². The third kappa shape index (κ3) is 6.01. The Hall–Kier alpha value is -1.99. The minimum Gasteiger partial charge on any atom is -0.457 e. The van der Waals surface area contributed by atoms with Crippen molar-refractivity contribution < 1.29 is 13.2 Å². The number of thioether (sulfide) groups is 1. The molecule has 4 nitrogen and oxygen atoms in total. The minimum absolute atomic E-state index is 0.212. The van der Waals surface area contributed by atoms with E-state index in [9.17, 15) is 8.42 Å². The van der Waals surface area contributed by atoms with Crippen LogP contribution in [0.5, 0.6) is 11.5 Å². The Balaban J connectivity index is 1.48. The average Bonchev–Trinajstić information content (AvgIpc) is 2.70. The van der Waals surface area contributed by atoms with Gasteiger partial charge in [-0.15, -0.1) is 0 Å². The van der Waals surface area contributed by atoms with E-state index in [2.05, 4.69) is 4.72 Å². The molecule has 0 saturated heterocycles. The zero-order chi connectivity index (χ0) is 19.8. The first-order valence-electron chi connectivity index (χ1n) is 8.68. The average molecular weight is 434 g/mol. The summed E-state index contributed by atoms with van der Waals surface area (Å²) in [4.78, 5) is 0.212. The quantitative estimate of drug-likeness (QED) is 0.462. The summed E-state index contributed by atoms with van der Waals surface area (Å²) in [5, 5.41) is 0.730. The Kier molecular flexibility index (Phi) is 7.39. The minimum atomic E-state index is -3.55. The van der Waals surface area contributed by atoms with Crippen molar-refractivity contribution in [1.29, 1.82) is 0 Å². The molecule has 0 aliphatic rings. The second-order valence-electron chi connectivity index (χ2n) is 5.93. The maximum atomic E-state index is 12.4. The predicted octanol–water partition coefficient (Wildman–Crippen LogP) is 5.34. The lowest BCUT2D eigenvalue weighted by Gasteiger charge is -2.09. The molecule has 28 heavy (non-hydrogen) atoms. The molecule has 0 bridgehead atoms. The van der Waals surface area contributed by atoms with Crippen molar-refractivity contribution >= 4 is 33.4 Å². The molecule has 7 heteroatoms. The maximum absolute atomic E-state index is 12.4.